The Labute approximate surface area is 173 Å². The first kappa shape index (κ1) is 19.2. The molecule has 1 aromatic carbocycles. The minimum Gasteiger partial charge on any atom is -0.348 e. The highest BCUT2D eigenvalue weighted by Crippen LogP contribution is 2.32. The molecule has 2 heterocycles. The minimum atomic E-state index is 0.0359. The van der Waals surface area contributed by atoms with E-state index in [1.807, 2.05) is 18.5 Å². The highest BCUT2D eigenvalue weighted by molar-refractivity contribution is 8.01. The number of fused-ring (bicyclic) bond motifs is 1. The normalized spacial score (nSPS) is 16.0. The van der Waals surface area contributed by atoms with Crippen molar-refractivity contribution in [2.24, 2.45) is 0 Å². The van der Waals surface area contributed by atoms with Crippen LogP contribution in [0, 0.1) is 20.8 Å². The van der Waals surface area contributed by atoms with Crippen LogP contribution in [0.5, 0.6) is 0 Å². The number of thioether (sulfide) groups is 1. The van der Waals surface area contributed by atoms with Gasteiger partial charge in [-0.3, -0.25) is 4.79 Å². The molecule has 5 nitrogen and oxygen atoms in total. The summed E-state index contributed by atoms with van der Waals surface area (Å²) in [5, 5.41) is 9.89. The van der Waals surface area contributed by atoms with Crippen LogP contribution in [-0.2, 0) is 11.2 Å². The predicted octanol–water partition coefficient (Wildman–Crippen LogP) is 4.54. The number of carbonyl (C=O) groups is 1. The van der Waals surface area contributed by atoms with E-state index in [0.29, 0.717) is 5.75 Å². The Morgan fingerprint density at radius 1 is 1.36 bits per heavy atom. The second kappa shape index (κ2) is 8.09. The summed E-state index contributed by atoms with van der Waals surface area (Å²) in [7, 11) is 0. The van der Waals surface area contributed by atoms with E-state index in [0.717, 1.165) is 40.5 Å². The molecular weight excluding hydrogens is 388 g/mol. The predicted molar refractivity (Wildman–Crippen MR) is 114 cm³/mol. The van der Waals surface area contributed by atoms with Crippen LogP contribution >= 0.6 is 23.1 Å². The van der Waals surface area contributed by atoms with Crippen molar-refractivity contribution >= 4 is 29.0 Å². The molecule has 0 radical (unpaired) electrons. The molecule has 1 N–H and O–H groups in total. The van der Waals surface area contributed by atoms with Crippen LogP contribution in [0.1, 0.15) is 47.0 Å². The van der Waals surface area contributed by atoms with Gasteiger partial charge in [-0.15, -0.1) is 11.3 Å². The number of hydrogen-bond donors (Lipinski definition) is 1. The molecule has 146 valence electrons. The molecule has 28 heavy (non-hydrogen) atoms. The van der Waals surface area contributed by atoms with E-state index < -0.39 is 0 Å². The summed E-state index contributed by atoms with van der Waals surface area (Å²) in [6.07, 6.45) is 4.92. The van der Waals surface area contributed by atoms with Gasteiger partial charge in [-0.2, -0.15) is 5.10 Å². The summed E-state index contributed by atoms with van der Waals surface area (Å²) >= 11 is 3.09. The first-order chi connectivity index (χ1) is 13.5. The van der Waals surface area contributed by atoms with E-state index >= 15 is 0 Å². The van der Waals surface area contributed by atoms with Crippen molar-refractivity contribution < 1.29 is 4.79 Å². The summed E-state index contributed by atoms with van der Waals surface area (Å²) in [4.78, 5) is 16.9. The Hall–Kier alpha value is -2.12. The maximum absolute atomic E-state index is 12.5. The number of aromatic nitrogens is 3. The van der Waals surface area contributed by atoms with E-state index in [2.05, 4.69) is 52.1 Å². The smallest absolute Gasteiger partial charge is 0.230 e. The van der Waals surface area contributed by atoms with Crippen LogP contribution in [-0.4, -0.2) is 26.4 Å². The Bertz CT molecular complexity index is 1010. The highest BCUT2D eigenvalue weighted by atomic mass is 32.2. The summed E-state index contributed by atoms with van der Waals surface area (Å²) in [5.74, 6) is 0.444. The molecule has 0 bridgehead atoms. The van der Waals surface area contributed by atoms with Gasteiger partial charge in [0.1, 0.15) is 0 Å². The van der Waals surface area contributed by atoms with Gasteiger partial charge >= 0.3 is 0 Å². The van der Waals surface area contributed by atoms with Crippen LogP contribution in [0.25, 0.3) is 5.69 Å². The number of aryl methyl sites for hydroxylation is 2. The lowest BCUT2D eigenvalue weighted by molar-refractivity contribution is -0.119. The number of hydrogen-bond acceptors (Lipinski definition) is 5. The van der Waals surface area contributed by atoms with Gasteiger partial charge in [0, 0.05) is 22.3 Å². The average Bonchev–Trinajstić information content (AvgIpc) is 3.29. The molecule has 3 aromatic rings. The highest BCUT2D eigenvalue weighted by Gasteiger charge is 2.26. The molecule has 1 aliphatic carbocycles. The first-order valence-electron chi connectivity index (χ1n) is 9.50. The summed E-state index contributed by atoms with van der Waals surface area (Å²) in [6.45, 7) is 6.23. The van der Waals surface area contributed by atoms with Gasteiger partial charge in [0.15, 0.2) is 4.34 Å². The molecule has 1 amide bonds. The number of nitrogens with one attached hydrogen (secondary N) is 1. The molecule has 0 fully saturated rings. The molecule has 7 heteroatoms. The third kappa shape index (κ3) is 3.86. The van der Waals surface area contributed by atoms with Crippen molar-refractivity contribution in [1.82, 2.24) is 20.1 Å². The van der Waals surface area contributed by atoms with Crippen LogP contribution in [0.15, 0.2) is 34.1 Å². The maximum atomic E-state index is 12.5. The zero-order valence-corrected chi connectivity index (χ0v) is 18.0. The minimum absolute atomic E-state index is 0.0359. The van der Waals surface area contributed by atoms with Crippen molar-refractivity contribution in [2.75, 3.05) is 5.75 Å². The van der Waals surface area contributed by atoms with Crippen LogP contribution in [0.3, 0.4) is 0 Å². The molecule has 2 aromatic heterocycles. The van der Waals surface area contributed by atoms with Gasteiger partial charge < -0.3 is 5.32 Å². The van der Waals surface area contributed by atoms with Gasteiger partial charge in [-0.1, -0.05) is 23.9 Å². The number of nitrogens with zero attached hydrogens (tertiary/aromatic N) is 3. The van der Waals surface area contributed by atoms with E-state index in [1.54, 1.807) is 11.3 Å². The lowest BCUT2D eigenvalue weighted by Gasteiger charge is -2.24. The lowest BCUT2D eigenvalue weighted by atomic mass is 9.92. The SMILES string of the molecule is Cc1csc(SCC(=O)N[C@H]2CCCc3c2cnn3-c2cccc(C)c2C)n1. The van der Waals surface area contributed by atoms with E-state index in [4.69, 9.17) is 0 Å². The number of rotatable bonds is 5. The Balaban J connectivity index is 1.49. The molecule has 4 rings (SSSR count). The molecule has 0 spiro atoms. The fourth-order valence-corrected chi connectivity index (χ4v) is 5.30. The second-order valence-corrected chi connectivity index (χ2v) is 9.31. The Morgan fingerprint density at radius 3 is 3.00 bits per heavy atom. The Kier molecular flexibility index (Phi) is 5.55. The fourth-order valence-electron chi connectivity index (χ4n) is 3.64. The zero-order valence-electron chi connectivity index (χ0n) is 16.4. The van der Waals surface area contributed by atoms with Crippen molar-refractivity contribution in [3.05, 3.63) is 57.9 Å². The quantitative estimate of drug-likeness (QED) is 0.625. The maximum Gasteiger partial charge on any atom is 0.230 e. The Morgan fingerprint density at radius 2 is 2.21 bits per heavy atom. The molecular formula is C21H24N4OS2. The van der Waals surface area contributed by atoms with Crippen molar-refractivity contribution in [2.45, 2.75) is 50.4 Å². The van der Waals surface area contributed by atoms with E-state index in [9.17, 15) is 4.79 Å². The van der Waals surface area contributed by atoms with E-state index in [1.165, 1.54) is 28.6 Å². The molecule has 0 unspecified atom stereocenters. The molecule has 0 saturated heterocycles. The molecule has 0 aliphatic heterocycles. The van der Waals surface area contributed by atoms with Crippen molar-refractivity contribution in [3.63, 3.8) is 0 Å². The van der Waals surface area contributed by atoms with Crippen molar-refractivity contribution in [1.29, 1.82) is 0 Å². The van der Waals surface area contributed by atoms with Gasteiger partial charge in [0.05, 0.1) is 23.7 Å². The second-order valence-electron chi connectivity index (χ2n) is 7.23. The molecule has 1 aliphatic rings. The summed E-state index contributed by atoms with van der Waals surface area (Å²) in [6, 6.07) is 6.35. The van der Waals surface area contributed by atoms with Gasteiger partial charge in [0.2, 0.25) is 5.91 Å². The van der Waals surface area contributed by atoms with Crippen LogP contribution < -0.4 is 5.32 Å². The molecule has 1 atom stereocenters. The van der Waals surface area contributed by atoms with Crippen LogP contribution in [0.2, 0.25) is 0 Å². The number of amides is 1. The third-order valence-corrected chi connectivity index (χ3v) is 7.39. The largest absolute Gasteiger partial charge is 0.348 e. The number of benzene rings is 1. The summed E-state index contributed by atoms with van der Waals surface area (Å²) < 4.78 is 3.00. The average molecular weight is 413 g/mol. The third-order valence-electron chi connectivity index (χ3n) is 5.25. The number of carbonyl (C=O) groups excluding carboxylic acids is 1. The van der Waals surface area contributed by atoms with Crippen LogP contribution in [0.4, 0.5) is 0 Å². The fraction of sp³-hybridized carbons (Fsp3) is 0.381. The lowest BCUT2D eigenvalue weighted by Crippen LogP contribution is -2.32. The number of thiazole rings is 1. The summed E-state index contributed by atoms with van der Waals surface area (Å²) in [5.41, 5.74) is 7.00. The van der Waals surface area contributed by atoms with E-state index in [-0.39, 0.29) is 11.9 Å². The van der Waals surface area contributed by atoms with Gasteiger partial charge in [-0.05, 0) is 57.2 Å². The first-order valence-corrected chi connectivity index (χ1v) is 11.4. The van der Waals surface area contributed by atoms with Gasteiger partial charge in [0.25, 0.3) is 0 Å². The zero-order chi connectivity index (χ0) is 19.7. The topological polar surface area (TPSA) is 59.8 Å². The van der Waals surface area contributed by atoms with Crippen molar-refractivity contribution in [3.8, 4) is 5.69 Å². The standard InChI is InChI=1S/C21H24N4OS2/c1-13-6-4-8-18(15(13)3)25-19-9-5-7-17(16(19)10-22-25)24-20(26)12-28-21-23-14(2)11-27-21/h4,6,8,10-11,17H,5,7,9,12H2,1-3H3,(H,24,26)/t17-/m0/s1. The van der Waals surface area contributed by atoms with Gasteiger partial charge in [-0.25, -0.2) is 9.67 Å². The molecule has 0 saturated carbocycles. The monoisotopic (exact) mass is 412 g/mol.